The zero-order chi connectivity index (χ0) is 51.0. The molecule has 2 aromatic heterocycles. The molecule has 78 heavy (non-hydrogen) atoms. The van der Waals surface area contributed by atoms with E-state index in [0.717, 1.165) is 90.3 Å². The van der Waals surface area contributed by atoms with Crippen molar-refractivity contribution in [3.8, 4) is 56.3 Å². The Labute approximate surface area is 451 Å². The minimum absolute atomic E-state index is 0.161. The van der Waals surface area contributed by atoms with Crippen molar-refractivity contribution >= 4 is 101 Å². The molecular formula is C72H45BN4O. The lowest BCUT2D eigenvalue weighted by atomic mass is 9.33. The van der Waals surface area contributed by atoms with E-state index in [1.54, 1.807) is 0 Å². The highest BCUT2D eigenvalue weighted by Crippen LogP contribution is 2.53. The van der Waals surface area contributed by atoms with Gasteiger partial charge in [0.05, 0.1) is 33.4 Å². The summed E-state index contributed by atoms with van der Waals surface area (Å²) in [4.78, 5) is 5.16. The van der Waals surface area contributed by atoms with Crippen LogP contribution in [0.3, 0.4) is 0 Å². The lowest BCUT2D eigenvalue weighted by Crippen LogP contribution is -2.61. The first-order valence-electron chi connectivity index (χ1n) is 26.9. The lowest BCUT2D eigenvalue weighted by Gasteiger charge is -2.45. The predicted molar refractivity (Wildman–Crippen MR) is 326 cm³/mol. The molecule has 0 saturated heterocycles. The van der Waals surface area contributed by atoms with Crippen LogP contribution < -0.4 is 30.9 Å². The van der Waals surface area contributed by atoms with Gasteiger partial charge in [-0.3, -0.25) is 0 Å². The van der Waals surface area contributed by atoms with Gasteiger partial charge in [0.1, 0.15) is 11.5 Å². The second-order valence-electron chi connectivity index (χ2n) is 20.8. The van der Waals surface area contributed by atoms with E-state index in [1.165, 1.54) is 60.1 Å². The lowest BCUT2D eigenvalue weighted by molar-refractivity contribution is 0.486. The molecule has 0 radical (unpaired) electrons. The average Bonchev–Trinajstić information content (AvgIpc) is 4.15. The highest BCUT2D eigenvalue weighted by molar-refractivity contribution is 7.00. The maximum absolute atomic E-state index is 7.10. The van der Waals surface area contributed by atoms with E-state index >= 15 is 0 Å². The first-order chi connectivity index (χ1) is 38.7. The molecule has 362 valence electrons. The minimum Gasteiger partial charge on any atom is -0.456 e. The normalized spacial score (nSPS) is 12.9. The molecule has 0 saturated carbocycles. The molecule has 12 aromatic carbocycles. The SMILES string of the molecule is c1ccc(-c2ccc(N3c4cc(-n5c6ccccc6c6ccccc65)ccc4B4c5cccc6c5N(c5ccccc5-c5ccccc5Oc5ccccc5-6)c5cc(-n6c7ccccc7c7ccccc76)cc3c54)cc2)cc1. The first-order valence-corrected chi connectivity index (χ1v) is 26.9. The zero-order valence-corrected chi connectivity index (χ0v) is 42.3. The average molecular weight is 993 g/mol. The molecule has 3 aliphatic rings. The van der Waals surface area contributed by atoms with Crippen LogP contribution in [0.2, 0.25) is 0 Å². The van der Waals surface area contributed by atoms with Crippen molar-refractivity contribution in [3.05, 3.63) is 273 Å². The van der Waals surface area contributed by atoms with Crippen molar-refractivity contribution < 1.29 is 4.74 Å². The number of aromatic nitrogens is 2. The van der Waals surface area contributed by atoms with Gasteiger partial charge >= 0.3 is 0 Å². The Balaban J connectivity index is 1.03. The van der Waals surface area contributed by atoms with E-state index in [2.05, 4.69) is 292 Å². The maximum atomic E-state index is 7.10. The number of ether oxygens (including phenoxy) is 1. The second-order valence-corrected chi connectivity index (χ2v) is 20.8. The third kappa shape index (κ3) is 6.14. The fourth-order valence-corrected chi connectivity index (χ4v) is 13.4. The highest BCUT2D eigenvalue weighted by Gasteiger charge is 2.45. The molecular weight excluding hydrogens is 948 g/mol. The summed E-state index contributed by atoms with van der Waals surface area (Å²) in [5, 5.41) is 4.91. The van der Waals surface area contributed by atoms with E-state index in [1.807, 2.05) is 0 Å². The summed E-state index contributed by atoms with van der Waals surface area (Å²) < 4.78 is 12.0. The predicted octanol–water partition coefficient (Wildman–Crippen LogP) is 17.1. The number of anilines is 6. The quantitative estimate of drug-likeness (QED) is 0.164. The number of nitrogens with zero attached hydrogens (tertiary/aromatic N) is 4. The van der Waals surface area contributed by atoms with Crippen LogP contribution in [0.15, 0.2) is 273 Å². The zero-order valence-electron chi connectivity index (χ0n) is 42.3. The Morgan fingerprint density at radius 3 is 1.37 bits per heavy atom. The summed E-state index contributed by atoms with van der Waals surface area (Å²) in [7, 11) is 0. The molecule has 0 aliphatic carbocycles. The molecule has 5 heterocycles. The number of fused-ring (bicyclic) bond motifs is 16. The van der Waals surface area contributed by atoms with Gasteiger partial charge in [-0.15, -0.1) is 0 Å². The van der Waals surface area contributed by atoms with Crippen LogP contribution in [0, 0.1) is 0 Å². The molecule has 17 rings (SSSR count). The smallest absolute Gasteiger partial charge is 0.252 e. The van der Waals surface area contributed by atoms with E-state index in [9.17, 15) is 0 Å². The molecule has 0 fully saturated rings. The molecule has 0 amide bonds. The summed E-state index contributed by atoms with van der Waals surface area (Å²) in [5.41, 5.74) is 23.9. The van der Waals surface area contributed by atoms with Gasteiger partial charge in [0.2, 0.25) is 0 Å². The maximum Gasteiger partial charge on any atom is 0.252 e. The summed E-state index contributed by atoms with van der Waals surface area (Å²) >= 11 is 0. The van der Waals surface area contributed by atoms with Crippen LogP contribution in [0.1, 0.15) is 0 Å². The van der Waals surface area contributed by atoms with Gasteiger partial charge < -0.3 is 23.7 Å². The molecule has 14 aromatic rings. The van der Waals surface area contributed by atoms with Gasteiger partial charge in [-0.25, -0.2) is 0 Å². The molecule has 0 atom stereocenters. The van der Waals surface area contributed by atoms with Crippen molar-refractivity contribution in [1.82, 2.24) is 9.13 Å². The summed E-state index contributed by atoms with van der Waals surface area (Å²) in [6.45, 7) is -0.161. The molecule has 0 bridgehead atoms. The summed E-state index contributed by atoms with van der Waals surface area (Å²) in [5.74, 6) is 1.62. The molecule has 0 N–H and O–H groups in total. The minimum atomic E-state index is -0.161. The first kappa shape index (κ1) is 43.0. The van der Waals surface area contributed by atoms with Crippen LogP contribution in [0.25, 0.3) is 88.4 Å². The second kappa shape index (κ2) is 16.6. The molecule has 3 aliphatic heterocycles. The Morgan fingerprint density at radius 2 is 0.744 bits per heavy atom. The number of benzene rings is 12. The van der Waals surface area contributed by atoms with Crippen molar-refractivity contribution in [2.75, 3.05) is 9.80 Å². The number of hydrogen-bond acceptors (Lipinski definition) is 3. The van der Waals surface area contributed by atoms with Gasteiger partial charge in [0, 0.05) is 77.9 Å². The van der Waals surface area contributed by atoms with Crippen molar-refractivity contribution in [2.45, 2.75) is 0 Å². The Hall–Kier alpha value is -10.3. The molecule has 0 unspecified atom stereocenters. The van der Waals surface area contributed by atoms with Gasteiger partial charge in [0.15, 0.2) is 0 Å². The third-order valence-electron chi connectivity index (χ3n) is 16.7. The number of hydrogen-bond donors (Lipinski definition) is 0. The van der Waals surface area contributed by atoms with Crippen LogP contribution >= 0.6 is 0 Å². The van der Waals surface area contributed by atoms with E-state index < -0.39 is 0 Å². The van der Waals surface area contributed by atoms with Gasteiger partial charge in [-0.05, 0) is 106 Å². The van der Waals surface area contributed by atoms with Gasteiger partial charge in [0.25, 0.3) is 6.71 Å². The Bertz CT molecular complexity index is 4700. The fourth-order valence-electron chi connectivity index (χ4n) is 13.4. The van der Waals surface area contributed by atoms with Crippen molar-refractivity contribution in [1.29, 1.82) is 0 Å². The van der Waals surface area contributed by atoms with Gasteiger partial charge in [-0.2, -0.15) is 0 Å². The van der Waals surface area contributed by atoms with Crippen LogP contribution in [0.4, 0.5) is 34.1 Å². The fraction of sp³-hybridized carbons (Fsp3) is 0. The van der Waals surface area contributed by atoms with Crippen LogP contribution in [-0.2, 0) is 0 Å². The Morgan fingerprint density at radius 1 is 0.282 bits per heavy atom. The highest BCUT2D eigenvalue weighted by atomic mass is 16.5. The van der Waals surface area contributed by atoms with E-state index in [-0.39, 0.29) is 6.71 Å². The monoisotopic (exact) mass is 992 g/mol. The number of para-hydroxylation sites is 8. The van der Waals surface area contributed by atoms with Crippen molar-refractivity contribution in [3.63, 3.8) is 0 Å². The third-order valence-corrected chi connectivity index (χ3v) is 16.7. The van der Waals surface area contributed by atoms with Gasteiger partial charge in [-0.1, -0.05) is 194 Å². The molecule has 6 heteroatoms. The summed E-state index contributed by atoms with van der Waals surface area (Å²) in [6, 6.07) is 100. The topological polar surface area (TPSA) is 25.6 Å². The van der Waals surface area contributed by atoms with Crippen molar-refractivity contribution in [2.24, 2.45) is 0 Å². The molecule has 0 spiro atoms. The summed E-state index contributed by atoms with van der Waals surface area (Å²) in [6.07, 6.45) is 0. The largest absolute Gasteiger partial charge is 0.456 e. The van der Waals surface area contributed by atoms with Crippen LogP contribution in [0.5, 0.6) is 11.5 Å². The van der Waals surface area contributed by atoms with E-state index in [4.69, 9.17) is 4.74 Å². The van der Waals surface area contributed by atoms with Crippen LogP contribution in [-0.4, -0.2) is 15.8 Å². The van der Waals surface area contributed by atoms with E-state index in [0.29, 0.717) is 0 Å². The number of rotatable bonds is 4. The standard InChI is InChI=1S/C72H45BN4O/c1-2-19-46(20-3-1)47-37-39-48(40-38-47)74-66-43-49(75-61-30-11-4-21-51(61)52-22-5-12-31-62(52)75)41-42-59(66)73-60-29-18-28-58-57-27-10-17-36-70(57)78-69-35-16-9-26-56(69)55-25-8-15-34-65(55)77(72(58)60)68-45-50(44-67(74)71(68)73)76-63-32-13-6-23-53(63)54-24-7-14-33-64(54)76/h1-45H. The Kier molecular flexibility index (Phi) is 9.15. The molecule has 5 nitrogen and oxygen atoms in total.